The molecule has 1 aliphatic rings. The Kier molecular flexibility index (Phi) is 5.86. The van der Waals surface area contributed by atoms with Gasteiger partial charge in [0.05, 0.1) is 12.3 Å². The largest absolute Gasteiger partial charge is 0.382 e. The number of hydrogen-bond acceptors (Lipinski definition) is 4. The molecule has 1 aliphatic heterocycles. The number of ether oxygens (including phenoxy) is 2. The number of imidazole rings is 1. The molecular formula is C15H27N3O2. The van der Waals surface area contributed by atoms with Crippen LogP contribution in [-0.4, -0.2) is 42.0 Å². The summed E-state index contributed by atoms with van der Waals surface area (Å²) in [6.07, 6.45) is 4.25. The number of hydrogen-bond donors (Lipinski definition) is 1. The maximum absolute atomic E-state index is 5.46. The highest BCUT2D eigenvalue weighted by molar-refractivity contribution is 5.30. The van der Waals surface area contributed by atoms with Gasteiger partial charge in [-0.05, 0) is 33.6 Å². The van der Waals surface area contributed by atoms with Gasteiger partial charge in [-0.2, -0.15) is 0 Å². The molecule has 0 radical (unpaired) electrons. The molecule has 2 rings (SSSR count). The predicted molar refractivity (Wildman–Crippen MR) is 80.1 cm³/mol. The third kappa shape index (κ3) is 4.21. The molecule has 114 valence electrons. The maximum Gasteiger partial charge on any atom is 0.203 e. The molecular weight excluding hydrogens is 254 g/mol. The Bertz CT molecular complexity index is 400. The zero-order chi connectivity index (χ0) is 14.4. The Morgan fingerprint density at radius 1 is 1.60 bits per heavy atom. The highest BCUT2D eigenvalue weighted by atomic mass is 16.5. The Hall–Kier alpha value is -1.07. The monoisotopic (exact) mass is 281 g/mol. The molecule has 0 amide bonds. The number of aromatic nitrogens is 2. The number of aryl methyl sites for hydroxylation is 2. The quantitative estimate of drug-likeness (QED) is 0.744. The smallest absolute Gasteiger partial charge is 0.203 e. The van der Waals surface area contributed by atoms with Crippen molar-refractivity contribution in [1.82, 2.24) is 9.55 Å². The van der Waals surface area contributed by atoms with Gasteiger partial charge in [0.2, 0.25) is 5.95 Å². The molecule has 2 unspecified atom stereocenters. The van der Waals surface area contributed by atoms with Gasteiger partial charge in [0.15, 0.2) is 0 Å². The lowest BCUT2D eigenvalue weighted by atomic mass is 10.0. The van der Waals surface area contributed by atoms with E-state index in [9.17, 15) is 0 Å². The lowest BCUT2D eigenvalue weighted by molar-refractivity contribution is 0.142. The predicted octanol–water partition coefficient (Wildman–Crippen LogP) is 2.46. The van der Waals surface area contributed by atoms with Crippen LogP contribution in [0.3, 0.4) is 0 Å². The van der Waals surface area contributed by atoms with Crippen molar-refractivity contribution in [2.45, 2.75) is 46.2 Å². The summed E-state index contributed by atoms with van der Waals surface area (Å²) in [6.45, 7) is 10.6. The van der Waals surface area contributed by atoms with Crippen molar-refractivity contribution in [1.29, 1.82) is 0 Å². The van der Waals surface area contributed by atoms with Gasteiger partial charge in [0.25, 0.3) is 0 Å². The average Bonchev–Trinajstić information content (AvgIpc) is 3.05. The summed E-state index contributed by atoms with van der Waals surface area (Å²) in [4.78, 5) is 4.59. The second-order valence-electron chi connectivity index (χ2n) is 5.51. The van der Waals surface area contributed by atoms with E-state index in [4.69, 9.17) is 9.47 Å². The number of anilines is 1. The average molecular weight is 281 g/mol. The van der Waals surface area contributed by atoms with E-state index in [1.54, 1.807) is 0 Å². The highest BCUT2D eigenvalue weighted by Crippen LogP contribution is 2.20. The van der Waals surface area contributed by atoms with Crippen molar-refractivity contribution >= 4 is 5.95 Å². The minimum absolute atomic E-state index is 0.393. The van der Waals surface area contributed by atoms with Crippen LogP contribution in [0.4, 0.5) is 5.95 Å². The van der Waals surface area contributed by atoms with Crippen molar-refractivity contribution in [3.05, 3.63) is 11.9 Å². The van der Waals surface area contributed by atoms with Gasteiger partial charge in [0, 0.05) is 44.5 Å². The van der Waals surface area contributed by atoms with E-state index in [1.807, 2.05) is 13.8 Å². The molecule has 1 aromatic heterocycles. The number of nitrogens with one attached hydrogen (secondary N) is 1. The first-order valence-corrected chi connectivity index (χ1v) is 7.66. The first kappa shape index (κ1) is 15.3. The van der Waals surface area contributed by atoms with Crippen LogP contribution >= 0.6 is 0 Å². The van der Waals surface area contributed by atoms with E-state index in [1.165, 1.54) is 0 Å². The molecule has 1 aromatic rings. The molecule has 5 nitrogen and oxygen atoms in total. The van der Waals surface area contributed by atoms with Crippen LogP contribution in [0.2, 0.25) is 0 Å². The summed E-state index contributed by atoms with van der Waals surface area (Å²) >= 11 is 0. The summed E-state index contributed by atoms with van der Waals surface area (Å²) in [6, 6.07) is 0.393. The van der Waals surface area contributed by atoms with Gasteiger partial charge in [-0.25, -0.2) is 4.98 Å². The van der Waals surface area contributed by atoms with E-state index in [0.29, 0.717) is 12.0 Å². The number of rotatable bonds is 8. The lowest BCUT2D eigenvalue weighted by Gasteiger charge is -2.20. The fourth-order valence-corrected chi connectivity index (χ4v) is 2.58. The van der Waals surface area contributed by atoms with Crippen LogP contribution in [0.1, 0.15) is 32.4 Å². The topological polar surface area (TPSA) is 48.3 Å². The molecule has 0 spiro atoms. The summed E-state index contributed by atoms with van der Waals surface area (Å²) in [5.74, 6) is 1.56. The van der Waals surface area contributed by atoms with Crippen molar-refractivity contribution in [2.24, 2.45) is 5.92 Å². The van der Waals surface area contributed by atoms with Gasteiger partial charge < -0.3 is 19.4 Å². The molecule has 1 saturated heterocycles. The normalized spacial score (nSPS) is 20.2. The van der Waals surface area contributed by atoms with Crippen LogP contribution in [0.5, 0.6) is 0 Å². The summed E-state index contributed by atoms with van der Waals surface area (Å²) in [5, 5.41) is 3.55. The zero-order valence-electron chi connectivity index (χ0n) is 12.9. The van der Waals surface area contributed by atoms with Crippen LogP contribution in [0, 0.1) is 12.8 Å². The zero-order valence-corrected chi connectivity index (χ0v) is 12.9. The van der Waals surface area contributed by atoms with Gasteiger partial charge in [-0.1, -0.05) is 0 Å². The van der Waals surface area contributed by atoms with Gasteiger partial charge in [-0.15, -0.1) is 0 Å². The van der Waals surface area contributed by atoms with E-state index >= 15 is 0 Å². The van der Waals surface area contributed by atoms with Gasteiger partial charge in [-0.3, -0.25) is 0 Å². The minimum atomic E-state index is 0.393. The second-order valence-corrected chi connectivity index (χ2v) is 5.51. The second kappa shape index (κ2) is 7.64. The minimum Gasteiger partial charge on any atom is -0.382 e. The van der Waals surface area contributed by atoms with Gasteiger partial charge >= 0.3 is 0 Å². The van der Waals surface area contributed by atoms with Crippen molar-refractivity contribution < 1.29 is 9.47 Å². The molecule has 2 atom stereocenters. The molecule has 5 heteroatoms. The Morgan fingerprint density at radius 3 is 3.15 bits per heavy atom. The van der Waals surface area contributed by atoms with E-state index < -0.39 is 0 Å². The summed E-state index contributed by atoms with van der Waals surface area (Å²) < 4.78 is 13.0. The van der Waals surface area contributed by atoms with E-state index in [2.05, 4.69) is 28.0 Å². The molecule has 1 N–H and O–H groups in total. The fraction of sp³-hybridized carbons (Fsp3) is 0.800. The Labute approximate surface area is 121 Å². The van der Waals surface area contributed by atoms with Gasteiger partial charge in [0.1, 0.15) is 0 Å². The SMILES string of the molecule is CCOCCCn1cc(C)nc1NC(C)C1CCOC1. The maximum atomic E-state index is 5.46. The molecule has 0 aromatic carbocycles. The van der Waals surface area contributed by atoms with Crippen LogP contribution < -0.4 is 5.32 Å². The standard InChI is InChI=1S/C15H27N3O2/c1-4-19-8-5-7-18-10-12(2)16-15(18)17-13(3)14-6-9-20-11-14/h10,13-14H,4-9,11H2,1-3H3,(H,16,17). The van der Waals surface area contributed by atoms with E-state index in [-0.39, 0.29) is 0 Å². The third-order valence-electron chi connectivity index (χ3n) is 3.82. The molecule has 0 aliphatic carbocycles. The highest BCUT2D eigenvalue weighted by Gasteiger charge is 2.23. The van der Waals surface area contributed by atoms with Crippen molar-refractivity contribution in [2.75, 3.05) is 31.7 Å². The lowest BCUT2D eigenvalue weighted by Crippen LogP contribution is -2.27. The van der Waals surface area contributed by atoms with Crippen molar-refractivity contribution in [3.63, 3.8) is 0 Å². The first-order chi connectivity index (χ1) is 9.70. The molecule has 2 heterocycles. The Morgan fingerprint density at radius 2 is 2.45 bits per heavy atom. The Balaban J connectivity index is 1.89. The van der Waals surface area contributed by atoms with Crippen molar-refractivity contribution in [3.8, 4) is 0 Å². The summed E-state index contributed by atoms with van der Waals surface area (Å²) in [7, 11) is 0. The summed E-state index contributed by atoms with van der Waals surface area (Å²) in [5.41, 5.74) is 1.05. The molecule has 20 heavy (non-hydrogen) atoms. The molecule has 0 saturated carbocycles. The first-order valence-electron chi connectivity index (χ1n) is 7.66. The molecule has 0 bridgehead atoms. The third-order valence-corrected chi connectivity index (χ3v) is 3.82. The molecule has 1 fully saturated rings. The van der Waals surface area contributed by atoms with Crippen LogP contribution in [0.25, 0.3) is 0 Å². The van der Waals surface area contributed by atoms with Crippen LogP contribution in [-0.2, 0) is 16.0 Å². The van der Waals surface area contributed by atoms with Crippen LogP contribution in [0.15, 0.2) is 6.20 Å². The fourth-order valence-electron chi connectivity index (χ4n) is 2.58. The number of nitrogens with zero attached hydrogens (tertiary/aromatic N) is 2. The van der Waals surface area contributed by atoms with E-state index in [0.717, 1.165) is 57.5 Å².